The zero-order valence-electron chi connectivity index (χ0n) is 23.6. The molecule has 40 heavy (non-hydrogen) atoms. The van der Waals surface area contributed by atoms with E-state index in [1.54, 1.807) is 40.1 Å². The monoisotopic (exact) mass is 566 g/mol. The fraction of sp³-hybridized carbons (Fsp3) is 0.419. The lowest BCUT2D eigenvalue weighted by Crippen LogP contribution is -2.32. The van der Waals surface area contributed by atoms with Crippen molar-refractivity contribution in [1.82, 2.24) is 9.29 Å². The number of nitrogens with zero attached hydrogens (tertiary/aromatic N) is 2. The number of hydrogen-bond acceptors (Lipinski definition) is 7. The fourth-order valence-corrected chi connectivity index (χ4v) is 6.31. The van der Waals surface area contributed by atoms with E-state index in [2.05, 4.69) is 4.98 Å². The van der Waals surface area contributed by atoms with Crippen LogP contribution in [0.15, 0.2) is 65.8 Å². The van der Waals surface area contributed by atoms with E-state index in [1.165, 1.54) is 10.4 Å². The van der Waals surface area contributed by atoms with Crippen molar-refractivity contribution in [2.75, 3.05) is 20.3 Å². The van der Waals surface area contributed by atoms with Crippen LogP contribution >= 0.6 is 0 Å². The van der Waals surface area contributed by atoms with Crippen LogP contribution in [0.4, 0.5) is 0 Å². The maximum absolute atomic E-state index is 13.7. The van der Waals surface area contributed by atoms with Crippen LogP contribution in [0, 0.1) is 0 Å². The number of ether oxygens (including phenoxy) is 2. The quantitative estimate of drug-likeness (QED) is 0.284. The Hall–Kier alpha value is -3.27. The SMILES string of the molecule is CN(C1CCCCc2c(OCC(=O)OC(C)(C)C)cccc21)S(=O)(=O)c1ccc(-c2cccc(CCO)c2)cn1. The summed E-state index contributed by atoms with van der Waals surface area (Å²) in [7, 11) is -2.30. The Balaban J connectivity index is 1.56. The second-order valence-electron chi connectivity index (χ2n) is 11.0. The van der Waals surface area contributed by atoms with Crippen molar-refractivity contribution in [1.29, 1.82) is 0 Å². The lowest BCUT2D eigenvalue weighted by Gasteiger charge is -2.28. The highest BCUT2D eigenvalue weighted by molar-refractivity contribution is 7.89. The molecule has 0 bridgehead atoms. The number of rotatable bonds is 9. The van der Waals surface area contributed by atoms with Crippen LogP contribution in [0.1, 0.15) is 62.8 Å². The van der Waals surface area contributed by atoms with Crippen molar-refractivity contribution in [3.05, 3.63) is 77.5 Å². The summed E-state index contributed by atoms with van der Waals surface area (Å²) in [5, 5.41) is 9.22. The molecule has 1 atom stereocenters. The van der Waals surface area contributed by atoms with Gasteiger partial charge in [-0.3, -0.25) is 0 Å². The number of benzene rings is 2. The summed E-state index contributed by atoms with van der Waals surface area (Å²) in [5.41, 5.74) is 3.90. The topological polar surface area (TPSA) is 106 Å². The minimum absolute atomic E-state index is 0.0200. The van der Waals surface area contributed by atoms with Crippen molar-refractivity contribution in [3.8, 4) is 16.9 Å². The Morgan fingerprint density at radius 3 is 2.55 bits per heavy atom. The first-order valence-electron chi connectivity index (χ1n) is 13.6. The Morgan fingerprint density at radius 2 is 1.85 bits per heavy atom. The largest absolute Gasteiger partial charge is 0.482 e. The fourth-order valence-electron chi connectivity index (χ4n) is 5.03. The molecule has 1 aliphatic rings. The minimum Gasteiger partial charge on any atom is -0.482 e. The molecular weight excluding hydrogens is 528 g/mol. The van der Waals surface area contributed by atoms with Gasteiger partial charge in [0.25, 0.3) is 10.0 Å². The first-order chi connectivity index (χ1) is 19.0. The van der Waals surface area contributed by atoms with E-state index in [1.807, 2.05) is 42.5 Å². The molecule has 214 valence electrons. The lowest BCUT2D eigenvalue weighted by atomic mass is 9.98. The van der Waals surface area contributed by atoms with E-state index in [-0.39, 0.29) is 18.2 Å². The molecule has 2 aromatic carbocycles. The Kier molecular flexibility index (Phi) is 9.28. The van der Waals surface area contributed by atoms with Gasteiger partial charge in [-0.15, -0.1) is 0 Å². The summed E-state index contributed by atoms with van der Waals surface area (Å²) in [4.78, 5) is 16.6. The number of aliphatic hydroxyl groups excluding tert-OH is 1. The molecule has 0 saturated carbocycles. The molecular formula is C31H38N2O6S. The predicted octanol–water partition coefficient (Wildman–Crippen LogP) is 5.09. The molecule has 8 nitrogen and oxygen atoms in total. The van der Waals surface area contributed by atoms with E-state index in [0.717, 1.165) is 47.1 Å². The zero-order valence-corrected chi connectivity index (χ0v) is 24.4. The van der Waals surface area contributed by atoms with Gasteiger partial charge in [-0.1, -0.05) is 42.8 Å². The van der Waals surface area contributed by atoms with Gasteiger partial charge in [0.2, 0.25) is 0 Å². The Labute approximate surface area is 237 Å². The van der Waals surface area contributed by atoms with Crippen LogP contribution in [-0.4, -0.2) is 54.6 Å². The number of pyridine rings is 1. The Morgan fingerprint density at radius 1 is 1.07 bits per heavy atom. The number of carbonyl (C=O) groups is 1. The van der Waals surface area contributed by atoms with Crippen molar-refractivity contribution in [2.45, 2.75) is 69.5 Å². The minimum atomic E-state index is -3.90. The molecule has 1 unspecified atom stereocenters. The molecule has 1 heterocycles. The number of sulfonamides is 1. The van der Waals surface area contributed by atoms with Gasteiger partial charge in [-0.25, -0.2) is 18.2 Å². The van der Waals surface area contributed by atoms with E-state index in [0.29, 0.717) is 18.6 Å². The summed E-state index contributed by atoms with van der Waals surface area (Å²) in [6, 6.07) is 16.2. The molecule has 1 aliphatic carbocycles. The molecule has 0 spiro atoms. The Bertz CT molecular complexity index is 1430. The summed E-state index contributed by atoms with van der Waals surface area (Å²) in [6.45, 7) is 5.26. The highest BCUT2D eigenvalue weighted by atomic mass is 32.2. The summed E-state index contributed by atoms with van der Waals surface area (Å²) >= 11 is 0. The maximum Gasteiger partial charge on any atom is 0.344 e. The van der Waals surface area contributed by atoms with E-state index in [9.17, 15) is 18.3 Å². The third-order valence-corrected chi connectivity index (χ3v) is 8.71. The number of hydrogen-bond donors (Lipinski definition) is 1. The van der Waals surface area contributed by atoms with Crippen molar-refractivity contribution in [3.63, 3.8) is 0 Å². The van der Waals surface area contributed by atoms with Gasteiger partial charge in [-0.2, -0.15) is 4.31 Å². The molecule has 0 saturated heterocycles. The smallest absolute Gasteiger partial charge is 0.344 e. The first-order valence-corrected chi connectivity index (χ1v) is 15.0. The molecule has 0 amide bonds. The van der Waals surface area contributed by atoms with Gasteiger partial charge in [0.15, 0.2) is 11.6 Å². The molecule has 3 aromatic rings. The van der Waals surface area contributed by atoms with Crippen LogP contribution in [0.2, 0.25) is 0 Å². The average Bonchev–Trinajstić information content (AvgIpc) is 3.14. The first kappa shape index (κ1) is 29.7. The van der Waals surface area contributed by atoms with Crippen molar-refractivity contribution >= 4 is 16.0 Å². The van der Waals surface area contributed by atoms with Gasteiger partial charge in [0.1, 0.15) is 11.4 Å². The molecule has 0 aliphatic heterocycles. The van der Waals surface area contributed by atoms with Gasteiger partial charge >= 0.3 is 5.97 Å². The second kappa shape index (κ2) is 12.5. The van der Waals surface area contributed by atoms with Crippen LogP contribution in [0.25, 0.3) is 11.1 Å². The van der Waals surface area contributed by atoms with E-state index in [4.69, 9.17) is 9.47 Å². The molecule has 9 heteroatoms. The summed E-state index contributed by atoms with van der Waals surface area (Å²) in [5.74, 6) is 0.122. The lowest BCUT2D eigenvalue weighted by molar-refractivity contribution is -0.157. The van der Waals surface area contributed by atoms with Crippen LogP contribution in [0.5, 0.6) is 5.75 Å². The van der Waals surface area contributed by atoms with Gasteiger partial charge in [-0.05, 0) is 86.9 Å². The van der Waals surface area contributed by atoms with Gasteiger partial charge in [0.05, 0.1) is 6.04 Å². The number of carbonyl (C=O) groups excluding carboxylic acids is 1. The normalized spacial score (nSPS) is 15.8. The molecule has 1 N–H and O–H groups in total. The molecule has 0 fully saturated rings. The maximum atomic E-state index is 13.7. The number of esters is 1. The summed E-state index contributed by atoms with van der Waals surface area (Å²) in [6.07, 6.45) is 5.24. The van der Waals surface area contributed by atoms with Crippen LogP contribution < -0.4 is 4.74 Å². The van der Waals surface area contributed by atoms with Gasteiger partial charge < -0.3 is 14.6 Å². The third kappa shape index (κ3) is 7.08. The van der Waals surface area contributed by atoms with Crippen LogP contribution in [-0.2, 0) is 32.4 Å². The van der Waals surface area contributed by atoms with Crippen LogP contribution in [0.3, 0.4) is 0 Å². The average molecular weight is 567 g/mol. The van der Waals surface area contributed by atoms with E-state index < -0.39 is 27.6 Å². The van der Waals surface area contributed by atoms with Crippen molar-refractivity contribution in [2.24, 2.45) is 0 Å². The second-order valence-corrected chi connectivity index (χ2v) is 13.0. The van der Waals surface area contributed by atoms with Gasteiger partial charge in [0, 0.05) is 25.4 Å². The summed E-state index contributed by atoms with van der Waals surface area (Å²) < 4.78 is 40.1. The number of fused-ring (bicyclic) bond motifs is 1. The van der Waals surface area contributed by atoms with E-state index >= 15 is 0 Å². The zero-order chi connectivity index (χ0) is 28.9. The highest BCUT2D eigenvalue weighted by Crippen LogP contribution is 2.39. The number of aliphatic hydroxyl groups is 1. The standard InChI is InChI=1S/C31H38N2O6S/c1-31(2,3)39-30(35)21-38-28-14-8-12-25-26(28)11-5-6-13-27(25)33(4)40(36,37)29-16-15-24(20-32-29)23-10-7-9-22(19-23)17-18-34/h7-10,12,14-16,19-20,27,34H,5-6,11,13,17-18,21H2,1-4H3. The number of aromatic nitrogens is 1. The third-order valence-electron chi connectivity index (χ3n) is 6.93. The predicted molar refractivity (Wildman–Crippen MR) is 153 cm³/mol. The highest BCUT2D eigenvalue weighted by Gasteiger charge is 2.33. The van der Waals surface area contributed by atoms with Crippen molar-refractivity contribution < 1.29 is 27.8 Å². The molecule has 4 rings (SSSR count). The molecule has 1 aromatic heterocycles. The molecule has 0 radical (unpaired) electrons.